The number of aromatic nitrogens is 3. The highest BCUT2D eigenvalue weighted by Crippen LogP contribution is 2.29. The van der Waals surface area contributed by atoms with Crippen LogP contribution < -0.4 is 5.32 Å². The largest absolute Gasteiger partial charge is 0.383 e. The maximum Gasteiger partial charge on any atom is 0.230 e. The minimum atomic E-state index is -0.747. The molecular formula is C19H18F2N4O2S. The minimum absolute atomic E-state index is 0.0689. The topological polar surface area (TPSA) is 69.0 Å². The van der Waals surface area contributed by atoms with Gasteiger partial charge in [0.1, 0.15) is 11.6 Å². The van der Waals surface area contributed by atoms with Crippen LogP contribution in [0, 0.1) is 11.6 Å². The number of thioether (sulfide) groups is 1. The predicted octanol–water partition coefficient (Wildman–Crippen LogP) is 3.07. The van der Waals surface area contributed by atoms with Gasteiger partial charge in [-0.15, -0.1) is 10.2 Å². The van der Waals surface area contributed by atoms with E-state index in [1.54, 1.807) is 7.11 Å². The van der Waals surface area contributed by atoms with Crippen LogP contribution in [0.3, 0.4) is 0 Å². The van der Waals surface area contributed by atoms with Gasteiger partial charge in [0.15, 0.2) is 11.0 Å². The molecule has 3 rings (SSSR count). The maximum atomic E-state index is 14.5. The van der Waals surface area contributed by atoms with Crippen molar-refractivity contribution in [3.63, 3.8) is 0 Å². The molecule has 1 aromatic heterocycles. The van der Waals surface area contributed by atoms with Crippen LogP contribution in [0.4, 0.5) is 8.78 Å². The monoisotopic (exact) mass is 404 g/mol. The van der Waals surface area contributed by atoms with Crippen LogP contribution in [0.15, 0.2) is 53.7 Å². The van der Waals surface area contributed by atoms with Crippen molar-refractivity contribution >= 4 is 17.7 Å². The number of amides is 1. The van der Waals surface area contributed by atoms with E-state index in [0.717, 1.165) is 23.4 Å². The molecule has 146 valence electrons. The van der Waals surface area contributed by atoms with Crippen molar-refractivity contribution in [2.24, 2.45) is 0 Å². The number of benzene rings is 2. The van der Waals surface area contributed by atoms with Gasteiger partial charge < -0.3 is 10.1 Å². The lowest BCUT2D eigenvalue weighted by atomic mass is 10.2. The maximum absolute atomic E-state index is 14.5. The zero-order valence-electron chi connectivity index (χ0n) is 15.1. The molecule has 0 atom stereocenters. The molecule has 1 amide bonds. The van der Waals surface area contributed by atoms with Crippen molar-refractivity contribution in [2.45, 2.75) is 5.16 Å². The number of ether oxygens (including phenoxy) is 1. The van der Waals surface area contributed by atoms with Crippen LogP contribution in [-0.2, 0) is 9.53 Å². The second kappa shape index (κ2) is 9.43. The molecule has 0 aliphatic rings. The summed E-state index contributed by atoms with van der Waals surface area (Å²) in [7, 11) is 1.55. The number of methoxy groups -OCH3 is 1. The third-order valence-corrected chi connectivity index (χ3v) is 4.71. The Kier molecular flexibility index (Phi) is 6.72. The summed E-state index contributed by atoms with van der Waals surface area (Å²) in [6.07, 6.45) is 0. The Morgan fingerprint density at radius 3 is 2.68 bits per heavy atom. The number of carbonyl (C=O) groups excluding carboxylic acids is 1. The molecule has 0 radical (unpaired) electrons. The SMILES string of the molecule is COCCNC(=O)CSc1nnc(-c2ccccc2)n1-c1ccc(F)cc1F. The van der Waals surface area contributed by atoms with E-state index in [4.69, 9.17) is 4.74 Å². The molecule has 6 nitrogen and oxygen atoms in total. The first-order valence-corrected chi connectivity index (χ1v) is 9.43. The molecule has 2 aromatic carbocycles. The third kappa shape index (κ3) is 4.73. The second-order valence-corrected chi connectivity index (χ2v) is 6.68. The van der Waals surface area contributed by atoms with E-state index in [9.17, 15) is 13.6 Å². The van der Waals surface area contributed by atoms with E-state index in [1.165, 1.54) is 16.7 Å². The van der Waals surface area contributed by atoms with Gasteiger partial charge in [-0.25, -0.2) is 8.78 Å². The third-order valence-electron chi connectivity index (χ3n) is 3.78. The first-order valence-electron chi connectivity index (χ1n) is 8.45. The minimum Gasteiger partial charge on any atom is -0.383 e. The molecule has 0 aliphatic heterocycles. The van der Waals surface area contributed by atoms with Crippen LogP contribution in [-0.4, -0.2) is 46.7 Å². The molecule has 0 saturated heterocycles. The first-order chi connectivity index (χ1) is 13.6. The molecule has 9 heteroatoms. The molecule has 1 heterocycles. The van der Waals surface area contributed by atoms with E-state index >= 15 is 0 Å². The highest BCUT2D eigenvalue weighted by molar-refractivity contribution is 7.99. The van der Waals surface area contributed by atoms with Gasteiger partial charge in [0.05, 0.1) is 18.0 Å². The number of carbonyl (C=O) groups is 1. The Hall–Kier alpha value is -2.78. The second-order valence-electron chi connectivity index (χ2n) is 5.73. The van der Waals surface area contributed by atoms with Crippen molar-refractivity contribution < 1.29 is 18.3 Å². The zero-order chi connectivity index (χ0) is 19.9. The van der Waals surface area contributed by atoms with Crippen molar-refractivity contribution in [3.05, 3.63) is 60.2 Å². The number of hydrogen-bond donors (Lipinski definition) is 1. The molecule has 0 bridgehead atoms. The van der Waals surface area contributed by atoms with Gasteiger partial charge in [-0.1, -0.05) is 42.1 Å². The molecule has 1 N–H and O–H groups in total. The number of nitrogens with one attached hydrogen (secondary N) is 1. The van der Waals surface area contributed by atoms with Gasteiger partial charge in [0.25, 0.3) is 0 Å². The molecule has 0 fully saturated rings. The molecular weight excluding hydrogens is 386 g/mol. The van der Waals surface area contributed by atoms with Crippen LogP contribution in [0.2, 0.25) is 0 Å². The Morgan fingerprint density at radius 1 is 1.18 bits per heavy atom. The smallest absolute Gasteiger partial charge is 0.230 e. The van der Waals surface area contributed by atoms with Gasteiger partial charge in [0.2, 0.25) is 5.91 Å². The van der Waals surface area contributed by atoms with Crippen molar-refractivity contribution in [2.75, 3.05) is 26.0 Å². The van der Waals surface area contributed by atoms with Gasteiger partial charge >= 0.3 is 0 Å². The highest BCUT2D eigenvalue weighted by Gasteiger charge is 2.19. The molecule has 3 aromatic rings. The van der Waals surface area contributed by atoms with Gasteiger partial charge in [0, 0.05) is 25.3 Å². The summed E-state index contributed by atoms with van der Waals surface area (Å²) in [6, 6.07) is 12.4. The van der Waals surface area contributed by atoms with Crippen LogP contribution in [0.25, 0.3) is 17.1 Å². The van der Waals surface area contributed by atoms with Crippen molar-refractivity contribution in [3.8, 4) is 17.1 Å². The lowest BCUT2D eigenvalue weighted by molar-refractivity contribution is -0.118. The number of hydrogen-bond acceptors (Lipinski definition) is 5. The lowest BCUT2D eigenvalue weighted by Crippen LogP contribution is -2.28. The Balaban J connectivity index is 1.92. The molecule has 0 spiro atoms. The van der Waals surface area contributed by atoms with E-state index in [0.29, 0.717) is 24.1 Å². The number of halogens is 2. The Bertz CT molecular complexity index is 950. The van der Waals surface area contributed by atoms with Crippen LogP contribution >= 0.6 is 11.8 Å². The summed E-state index contributed by atoms with van der Waals surface area (Å²) >= 11 is 1.11. The molecule has 0 saturated carbocycles. The standard InChI is InChI=1S/C19H18F2N4O2S/c1-27-10-9-22-17(26)12-28-19-24-23-18(13-5-3-2-4-6-13)25(19)16-8-7-14(20)11-15(16)21/h2-8,11H,9-10,12H2,1H3,(H,22,26). The fourth-order valence-corrected chi connectivity index (χ4v) is 3.27. The summed E-state index contributed by atoms with van der Waals surface area (Å²) in [5, 5.41) is 11.3. The number of nitrogens with zero attached hydrogens (tertiary/aromatic N) is 3. The summed E-state index contributed by atoms with van der Waals surface area (Å²) in [6.45, 7) is 0.802. The van der Waals surface area contributed by atoms with Gasteiger partial charge in [-0.05, 0) is 12.1 Å². The van der Waals surface area contributed by atoms with Crippen molar-refractivity contribution in [1.82, 2.24) is 20.1 Å². The van der Waals surface area contributed by atoms with Crippen LogP contribution in [0.5, 0.6) is 0 Å². The molecule has 0 unspecified atom stereocenters. The highest BCUT2D eigenvalue weighted by atomic mass is 32.2. The zero-order valence-corrected chi connectivity index (χ0v) is 15.9. The molecule has 0 aliphatic carbocycles. The van der Waals surface area contributed by atoms with Gasteiger partial charge in [-0.2, -0.15) is 0 Å². The van der Waals surface area contributed by atoms with Gasteiger partial charge in [-0.3, -0.25) is 9.36 Å². The molecule has 28 heavy (non-hydrogen) atoms. The fourth-order valence-electron chi connectivity index (χ4n) is 2.49. The van der Waals surface area contributed by atoms with Crippen molar-refractivity contribution in [1.29, 1.82) is 0 Å². The first kappa shape index (κ1) is 20.0. The van der Waals surface area contributed by atoms with E-state index < -0.39 is 11.6 Å². The number of rotatable bonds is 8. The predicted molar refractivity (Wildman–Crippen MR) is 102 cm³/mol. The average molecular weight is 404 g/mol. The Morgan fingerprint density at radius 2 is 1.96 bits per heavy atom. The summed E-state index contributed by atoms with van der Waals surface area (Å²) in [4.78, 5) is 12.0. The van der Waals surface area contributed by atoms with Crippen LogP contribution in [0.1, 0.15) is 0 Å². The summed E-state index contributed by atoms with van der Waals surface area (Å²) < 4.78 is 34.2. The van der Waals surface area contributed by atoms with E-state index in [2.05, 4.69) is 15.5 Å². The van der Waals surface area contributed by atoms with E-state index in [1.807, 2.05) is 30.3 Å². The normalized spacial score (nSPS) is 10.8. The average Bonchev–Trinajstić information content (AvgIpc) is 3.11. The summed E-state index contributed by atoms with van der Waals surface area (Å²) in [5.74, 6) is -1.17. The quantitative estimate of drug-likeness (QED) is 0.462. The summed E-state index contributed by atoms with van der Waals surface area (Å²) in [5.41, 5.74) is 0.822. The van der Waals surface area contributed by atoms with E-state index in [-0.39, 0.29) is 17.3 Å². The Labute approximate surface area is 164 Å². The fraction of sp³-hybridized carbons (Fsp3) is 0.211. The lowest BCUT2D eigenvalue weighted by Gasteiger charge is -2.11.